The number of rotatable bonds is 18. The maximum atomic E-state index is 11.5. The highest BCUT2D eigenvalue weighted by atomic mass is 16.6. The molecule has 0 heterocycles. The topological polar surface area (TPSA) is 66.0 Å². The fourth-order valence-corrected chi connectivity index (χ4v) is 1.86. The molecule has 0 radical (unpaired) electrons. The van der Waals surface area contributed by atoms with E-state index in [1.807, 2.05) is 0 Å². The van der Waals surface area contributed by atoms with E-state index in [1.165, 1.54) is 0 Å². The highest BCUT2D eigenvalue weighted by molar-refractivity contribution is 5.77. The molecule has 6 nitrogen and oxygen atoms in total. The second-order valence-electron chi connectivity index (χ2n) is 6.13. The second kappa shape index (κ2) is 18.6. The summed E-state index contributed by atoms with van der Waals surface area (Å²) in [6.45, 7) is 11.3. The van der Waals surface area contributed by atoms with Crippen LogP contribution in [-0.2, 0) is 23.7 Å². The monoisotopic (exact) mass is 349 g/mol. The Bertz CT molecular complexity index is 280. The first kappa shape index (κ1) is 23.3. The third-order valence-electron chi connectivity index (χ3n) is 3.27. The number of carbonyl (C=O) groups excluding carboxylic acids is 1. The number of hydrogen-bond donors (Lipinski definition) is 1. The average Bonchev–Trinajstić information content (AvgIpc) is 2.55. The second-order valence-corrected chi connectivity index (χ2v) is 6.13. The Morgan fingerprint density at radius 1 is 0.875 bits per heavy atom. The summed E-state index contributed by atoms with van der Waals surface area (Å²) in [5.41, 5.74) is 0. The molecule has 24 heavy (non-hydrogen) atoms. The summed E-state index contributed by atoms with van der Waals surface area (Å²) in [5.74, 6) is 0.609. The van der Waals surface area contributed by atoms with E-state index in [0.29, 0.717) is 45.6 Å². The van der Waals surface area contributed by atoms with Crippen LogP contribution in [0, 0.1) is 5.92 Å². The van der Waals surface area contributed by atoms with Gasteiger partial charge < -0.3 is 24.3 Å². The number of ether oxygens (including phenoxy) is 4. The van der Waals surface area contributed by atoms with Crippen LogP contribution < -0.4 is 5.32 Å². The van der Waals surface area contributed by atoms with E-state index >= 15 is 0 Å². The third-order valence-corrected chi connectivity index (χ3v) is 3.27. The molecule has 0 saturated heterocycles. The van der Waals surface area contributed by atoms with Crippen LogP contribution in [-0.4, -0.2) is 65.3 Å². The molecule has 0 atom stereocenters. The average molecular weight is 350 g/mol. The number of amides is 1. The van der Waals surface area contributed by atoms with Gasteiger partial charge in [0.1, 0.15) is 6.61 Å². The standard InChI is InChI=1S/C18H37NO5.H2/c1-4-5-9-21-10-11-22-12-13-23-14-15-24-16-18(20)19-8-6-7-17(2)3;/h17H,4-16H2,1-3H3,(H,19,20);1H. The van der Waals surface area contributed by atoms with E-state index in [-0.39, 0.29) is 13.9 Å². The molecule has 0 aliphatic carbocycles. The Morgan fingerprint density at radius 3 is 1.96 bits per heavy atom. The first-order valence-electron chi connectivity index (χ1n) is 9.24. The molecular weight excluding hydrogens is 310 g/mol. The van der Waals surface area contributed by atoms with Crippen molar-refractivity contribution in [2.45, 2.75) is 46.5 Å². The highest BCUT2D eigenvalue weighted by Gasteiger charge is 2.01. The summed E-state index contributed by atoms with van der Waals surface area (Å²) in [4.78, 5) is 11.5. The molecule has 0 fully saturated rings. The summed E-state index contributed by atoms with van der Waals surface area (Å²) in [6.07, 6.45) is 4.38. The summed E-state index contributed by atoms with van der Waals surface area (Å²) >= 11 is 0. The molecule has 0 spiro atoms. The van der Waals surface area contributed by atoms with E-state index in [9.17, 15) is 4.79 Å². The van der Waals surface area contributed by atoms with Crippen molar-refractivity contribution < 1.29 is 25.2 Å². The first-order valence-corrected chi connectivity index (χ1v) is 9.24. The molecule has 1 N–H and O–H groups in total. The van der Waals surface area contributed by atoms with Crippen molar-refractivity contribution in [3.8, 4) is 0 Å². The number of nitrogens with one attached hydrogen (secondary N) is 1. The van der Waals surface area contributed by atoms with Gasteiger partial charge in [-0.05, 0) is 25.2 Å². The van der Waals surface area contributed by atoms with Crippen molar-refractivity contribution in [3.05, 3.63) is 0 Å². The quantitative estimate of drug-likeness (QED) is 0.385. The number of hydrogen-bond acceptors (Lipinski definition) is 5. The van der Waals surface area contributed by atoms with E-state index in [2.05, 4.69) is 26.1 Å². The first-order chi connectivity index (χ1) is 11.7. The van der Waals surface area contributed by atoms with Crippen molar-refractivity contribution in [2.75, 3.05) is 59.4 Å². The fourth-order valence-electron chi connectivity index (χ4n) is 1.86. The Labute approximate surface area is 149 Å². The minimum atomic E-state index is -0.0647. The van der Waals surface area contributed by atoms with Gasteiger partial charge in [-0.25, -0.2) is 0 Å². The lowest BCUT2D eigenvalue weighted by atomic mass is 10.1. The molecule has 0 unspecified atom stereocenters. The molecular formula is C18H39NO5. The van der Waals surface area contributed by atoms with Crippen LogP contribution in [0.15, 0.2) is 0 Å². The molecule has 0 aliphatic rings. The summed E-state index contributed by atoms with van der Waals surface area (Å²) in [6, 6.07) is 0. The smallest absolute Gasteiger partial charge is 0.245 e. The lowest BCUT2D eigenvalue weighted by Gasteiger charge is -2.08. The largest absolute Gasteiger partial charge is 0.379 e. The predicted octanol–water partition coefficient (Wildman–Crippen LogP) is 2.65. The van der Waals surface area contributed by atoms with Crippen LogP contribution in [0.3, 0.4) is 0 Å². The lowest BCUT2D eigenvalue weighted by Crippen LogP contribution is -2.29. The zero-order chi connectivity index (χ0) is 17.9. The van der Waals surface area contributed by atoms with Gasteiger partial charge in [0.15, 0.2) is 0 Å². The summed E-state index contributed by atoms with van der Waals surface area (Å²) in [7, 11) is 0. The Kier molecular flexibility index (Phi) is 18.1. The van der Waals surface area contributed by atoms with Crippen molar-refractivity contribution in [1.29, 1.82) is 0 Å². The fraction of sp³-hybridized carbons (Fsp3) is 0.944. The molecule has 0 rings (SSSR count). The molecule has 0 aromatic rings. The molecule has 1 amide bonds. The Balaban J connectivity index is 0. The van der Waals surface area contributed by atoms with Crippen molar-refractivity contribution in [1.82, 2.24) is 5.32 Å². The highest BCUT2D eigenvalue weighted by Crippen LogP contribution is 2.01. The summed E-state index contributed by atoms with van der Waals surface area (Å²) in [5, 5.41) is 2.84. The van der Waals surface area contributed by atoms with Crippen LogP contribution in [0.5, 0.6) is 0 Å². The minimum absolute atomic E-state index is 0. The minimum Gasteiger partial charge on any atom is -0.379 e. The van der Waals surface area contributed by atoms with Crippen molar-refractivity contribution >= 4 is 5.91 Å². The van der Waals surface area contributed by atoms with E-state index in [4.69, 9.17) is 18.9 Å². The van der Waals surface area contributed by atoms with Gasteiger partial charge in [-0.3, -0.25) is 4.79 Å². The maximum Gasteiger partial charge on any atom is 0.245 e. The van der Waals surface area contributed by atoms with Gasteiger partial charge in [-0.15, -0.1) is 0 Å². The molecule has 0 aliphatic heterocycles. The van der Waals surface area contributed by atoms with E-state index < -0.39 is 0 Å². The van der Waals surface area contributed by atoms with E-state index in [1.54, 1.807) is 0 Å². The van der Waals surface area contributed by atoms with Gasteiger partial charge in [-0.1, -0.05) is 27.2 Å². The van der Waals surface area contributed by atoms with Crippen molar-refractivity contribution in [3.63, 3.8) is 0 Å². The molecule has 0 bridgehead atoms. The number of carbonyl (C=O) groups is 1. The molecule has 0 aromatic carbocycles. The molecule has 6 heteroatoms. The summed E-state index contributed by atoms with van der Waals surface area (Å²) < 4.78 is 21.4. The zero-order valence-corrected chi connectivity index (χ0v) is 15.8. The SMILES string of the molecule is CCCCOCCOCCOCCOCC(=O)NCCCC(C)C.[HH]. The Hall–Kier alpha value is -0.690. The van der Waals surface area contributed by atoms with Gasteiger partial charge in [0.05, 0.1) is 39.6 Å². The van der Waals surface area contributed by atoms with Gasteiger partial charge in [0, 0.05) is 14.6 Å². The molecule has 0 saturated carbocycles. The Morgan fingerprint density at radius 2 is 1.42 bits per heavy atom. The predicted molar refractivity (Wildman–Crippen MR) is 97.4 cm³/mol. The normalized spacial score (nSPS) is 11.2. The zero-order valence-electron chi connectivity index (χ0n) is 15.8. The van der Waals surface area contributed by atoms with Gasteiger partial charge in [0.2, 0.25) is 5.91 Å². The maximum absolute atomic E-state index is 11.5. The van der Waals surface area contributed by atoms with Crippen LogP contribution in [0.1, 0.15) is 47.9 Å². The van der Waals surface area contributed by atoms with Gasteiger partial charge in [0.25, 0.3) is 0 Å². The van der Waals surface area contributed by atoms with Crippen LogP contribution in [0.25, 0.3) is 0 Å². The molecule has 146 valence electrons. The van der Waals surface area contributed by atoms with Crippen LogP contribution >= 0.6 is 0 Å². The van der Waals surface area contributed by atoms with Gasteiger partial charge in [-0.2, -0.15) is 0 Å². The van der Waals surface area contributed by atoms with E-state index in [0.717, 1.165) is 38.8 Å². The van der Waals surface area contributed by atoms with Crippen LogP contribution in [0.4, 0.5) is 0 Å². The number of unbranched alkanes of at least 4 members (excludes halogenated alkanes) is 1. The van der Waals surface area contributed by atoms with Crippen molar-refractivity contribution in [2.24, 2.45) is 5.92 Å². The molecule has 0 aromatic heterocycles. The van der Waals surface area contributed by atoms with Crippen LogP contribution in [0.2, 0.25) is 0 Å². The third kappa shape index (κ3) is 19.4. The lowest BCUT2D eigenvalue weighted by molar-refractivity contribution is -0.126. The van der Waals surface area contributed by atoms with Gasteiger partial charge >= 0.3 is 0 Å².